The summed E-state index contributed by atoms with van der Waals surface area (Å²) >= 11 is 6.76. The molecule has 2 heteroatoms. The van der Waals surface area contributed by atoms with Gasteiger partial charge in [-0.1, -0.05) is 90.5 Å². The number of rotatable bonds is 2. The predicted molar refractivity (Wildman–Crippen MR) is 129 cm³/mol. The van der Waals surface area contributed by atoms with Gasteiger partial charge in [0.05, 0.1) is 11.6 Å². The second kappa shape index (κ2) is 6.84. The maximum absolute atomic E-state index is 9.01. The van der Waals surface area contributed by atoms with Crippen LogP contribution in [0.5, 0.6) is 0 Å². The topological polar surface area (TPSA) is 23.8 Å². The summed E-state index contributed by atoms with van der Waals surface area (Å²) in [4.78, 5) is 0. The van der Waals surface area contributed by atoms with Gasteiger partial charge in [-0.05, 0) is 68.1 Å². The minimum atomic E-state index is 0.670. The van der Waals surface area contributed by atoms with E-state index in [1.165, 1.54) is 27.6 Å². The molecule has 31 heavy (non-hydrogen) atoms. The van der Waals surface area contributed by atoms with Crippen molar-refractivity contribution in [1.82, 2.24) is 0 Å². The van der Waals surface area contributed by atoms with Crippen LogP contribution in [0.4, 0.5) is 0 Å². The summed E-state index contributed by atoms with van der Waals surface area (Å²) in [5, 5.41) is 12.1. The number of fused-ring (bicyclic) bond motifs is 3. The first-order chi connectivity index (χ1) is 15.2. The van der Waals surface area contributed by atoms with Crippen molar-refractivity contribution in [2.24, 2.45) is 0 Å². The highest BCUT2D eigenvalue weighted by Crippen LogP contribution is 2.51. The zero-order valence-electron chi connectivity index (χ0n) is 16.6. The van der Waals surface area contributed by atoms with Crippen molar-refractivity contribution in [1.29, 1.82) is 5.26 Å². The van der Waals surface area contributed by atoms with E-state index in [9.17, 15) is 0 Å². The molecule has 0 radical (unpaired) electrons. The number of halogens is 1. The Morgan fingerprint density at radius 2 is 1.00 bits per heavy atom. The van der Waals surface area contributed by atoms with Crippen LogP contribution in [0.25, 0.3) is 55.3 Å². The van der Waals surface area contributed by atoms with Gasteiger partial charge in [0.2, 0.25) is 0 Å². The van der Waals surface area contributed by atoms with Crippen LogP contribution in [0.2, 0.25) is 5.02 Å². The molecule has 0 aliphatic heterocycles. The van der Waals surface area contributed by atoms with Crippen LogP contribution in [0.15, 0.2) is 97.1 Å². The minimum Gasteiger partial charge on any atom is -0.192 e. The van der Waals surface area contributed by atoms with Crippen molar-refractivity contribution in [3.05, 3.63) is 108 Å². The number of benzene rings is 5. The normalized spacial score (nSPS) is 11.4. The highest BCUT2D eigenvalue weighted by atomic mass is 35.5. The molecule has 0 N–H and O–H groups in total. The number of hydrogen-bond acceptors (Lipinski definition) is 1. The third-order valence-electron chi connectivity index (χ3n) is 6.16. The minimum absolute atomic E-state index is 0.670. The lowest BCUT2D eigenvalue weighted by Crippen LogP contribution is -1.86. The number of nitriles is 1. The van der Waals surface area contributed by atoms with E-state index < -0.39 is 0 Å². The molecule has 0 spiro atoms. The third-order valence-corrected chi connectivity index (χ3v) is 6.48. The molecule has 0 heterocycles. The highest BCUT2D eigenvalue weighted by molar-refractivity contribution is 6.38. The SMILES string of the molecule is N#Cc1ccc(-c2ccc(-c3ccc4c5c(ccc(Cl)c35)-c3ccccc3-4)cc2)cc1. The fraction of sp³-hybridized carbons (Fsp3) is 0. The van der Waals surface area contributed by atoms with E-state index >= 15 is 0 Å². The Bertz CT molecular complexity index is 1490. The maximum Gasteiger partial charge on any atom is 0.0991 e. The van der Waals surface area contributed by atoms with Gasteiger partial charge in [-0.25, -0.2) is 0 Å². The summed E-state index contributed by atoms with van der Waals surface area (Å²) in [6, 6.07) is 35.5. The van der Waals surface area contributed by atoms with Gasteiger partial charge >= 0.3 is 0 Å². The van der Waals surface area contributed by atoms with E-state index in [1.54, 1.807) is 0 Å². The summed E-state index contributed by atoms with van der Waals surface area (Å²) in [7, 11) is 0. The van der Waals surface area contributed by atoms with Crippen LogP contribution < -0.4 is 0 Å². The molecule has 1 aliphatic rings. The molecular formula is C29H16ClN. The van der Waals surface area contributed by atoms with E-state index in [0.29, 0.717) is 5.56 Å². The molecule has 144 valence electrons. The Morgan fingerprint density at radius 3 is 1.61 bits per heavy atom. The van der Waals surface area contributed by atoms with Gasteiger partial charge in [-0.2, -0.15) is 5.26 Å². The molecule has 6 rings (SSSR count). The van der Waals surface area contributed by atoms with E-state index in [1.807, 2.05) is 30.3 Å². The van der Waals surface area contributed by atoms with Gasteiger partial charge in [-0.15, -0.1) is 0 Å². The second-order valence-electron chi connectivity index (χ2n) is 7.82. The van der Waals surface area contributed by atoms with Gasteiger partial charge in [0.25, 0.3) is 0 Å². The van der Waals surface area contributed by atoms with Crippen LogP contribution in [0.3, 0.4) is 0 Å². The molecular weight excluding hydrogens is 398 g/mol. The molecule has 0 atom stereocenters. The summed E-state index contributed by atoms with van der Waals surface area (Å²) < 4.78 is 0. The molecule has 0 aromatic heterocycles. The summed E-state index contributed by atoms with van der Waals surface area (Å²) in [5.41, 5.74) is 10.2. The average Bonchev–Trinajstić information content (AvgIpc) is 3.16. The molecule has 1 aliphatic carbocycles. The average molecular weight is 414 g/mol. The molecule has 0 amide bonds. The van der Waals surface area contributed by atoms with Gasteiger partial charge < -0.3 is 0 Å². The molecule has 0 bridgehead atoms. The summed E-state index contributed by atoms with van der Waals surface area (Å²) in [5.74, 6) is 0. The molecule has 0 saturated carbocycles. The van der Waals surface area contributed by atoms with E-state index in [-0.39, 0.29) is 0 Å². The molecule has 5 aromatic rings. The third kappa shape index (κ3) is 2.70. The fourth-order valence-corrected chi connectivity index (χ4v) is 4.93. The lowest BCUT2D eigenvalue weighted by atomic mass is 9.93. The van der Waals surface area contributed by atoms with E-state index in [4.69, 9.17) is 16.9 Å². The van der Waals surface area contributed by atoms with Crippen LogP contribution in [0, 0.1) is 11.3 Å². The smallest absolute Gasteiger partial charge is 0.0991 e. The van der Waals surface area contributed by atoms with Crippen molar-refractivity contribution in [2.75, 3.05) is 0 Å². The fourth-order valence-electron chi connectivity index (χ4n) is 4.68. The van der Waals surface area contributed by atoms with E-state index in [2.05, 4.69) is 72.8 Å². The van der Waals surface area contributed by atoms with Gasteiger partial charge in [0, 0.05) is 10.4 Å². The predicted octanol–water partition coefficient (Wildman–Crippen LogP) is 8.35. The first kappa shape index (κ1) is 18.0. The Kier molecular flexibility index (Phi) is 3.96. The lowest BCUT2D eigenvalue weighted by Gasteiger charge is -2.12. The number of hydrogen-bond donors (Lipinski definition) is 0. The standard InChI is InChI=1S/C29H16ClN/c30-27-16-15-26-24-4-2-1-3-23(24)25-14-13-22(29(27)28(25)26)21-11-9-20(10-12-21)19-7-5-18(17-31)6-8-19/h1-16H. The first-order valence-corrected chi connectivity index (χ1v) is 10.6. The largest absolute Gasteiger partial charge is 0.192 e. The van der Waals surface area contributed by atoms with Crippen LogP contribution >= 0.6 is 11.6 Å². The molecule has 0 fully saturated rings. The molecule has 0 saturated heterocycles. The monoisotopic (exact) mass is 413 g/mol. The Hall–Kier alpha value is -3.86. The highest BCUT2D eigenvalue weighted by Gasteiger charge is 2.23. The van der Waals surface area contributed by atoms with Crippen molar-refractivity contribution in [3.63, 3.8) is 0 Å². The van der Waals surface area contributed by atoms with Crippen LogP contribution in [-0.2, 0) is 0 Å². The van der Waals surface area contributed by atoms with Crippen molar-refractivity contribution in [2.45, 2.75) is 0 Å². The lowest BCUT2D eigenvalue weighted by molar-refractivity contribution is 1.48. The number of nitrogens with zero attached hydrogens (tertiary/aromatic N) is 1. The van der Waals surface area contributed by atoms with Crippen molar-refractivity contribution < 1.29 is 0 Å². The van der Waals surface area contributed by atoms with Crippen LogP contribution in [0.1, 0.15) is 5.56 Å². The molecule has 1 nitrogen and oxygen atoms in total. The zero-order valence-corrected chi connectivity index (χ0v) is 17.3. The zero-order chi connectivity index (χ0) is 20.9. The summed E-state index contributed by atoms with van der Waals surface area (Å²) in [6.07, 6.45) is 0. The van der Waals surface area contributed by atoms with Gasteiger partial charge in [-0.3, -0.25) is 0 Å². The maximum atomic E-state index is 9.01. The Morgan fingerprint density at radius 1 is 0.484 bits per heavy atom. The quantitative estimate of drug-likeness (QED) is 0.280. The van der Waals surface area contributed by atoms with Crippen molar-refractivity contribution in [3.8, 4) is 50.6 Å². The van der Waals surface area contributed by atoms with Crippen molar-refractivity contribution >= 4 is 22.4 Å². The van der Waals surface area contributed by atoms with Crippen LogP contribution in [-0.4, -0.2) is 0 Å². The second-order valence-corrected chi connectivity index (χ2v) is 8.22. The first-order valence-electron chi connectivity index (χ1n) is 10.2. The Balaban J connectivity index is 1.50. The van der Waals surface area contributed by atoms with Gasteiger partial charge in [0.1, 0.15) is 0 Å². The van der Waals surface area contributed by atoms with E-state index in [0.717, 1.165) is 32.7 Å². The molecule has 0 unspecified atom stereocenters. The Labute approximate surface area is 185 Å². The summed E-state index contributed by atoms with van der Waals surface area (Å²) in [6.45, 7) is 0. The molecule has 5 aromatic carbocycles. The van der Waals surface area contributed by atoms with Gasteiger partial charge in [0.15, 0.2) is 0 Å².